The standard InChI is InChI=1S/C12H11BrFIN2O3/c13-8-7(15)3-6(11(16)18)10(9(8)14)17-12(19)5-1-2-20-4-5/h3,5H,1-2,4H2,(H2,16,18)(H,17,19). The second kappa shape index (κ2) is 6.35. The number of nitrogens with two attached hydrogens (primary N) is 1. The number of ether oxygens (including phenoxy) is 1. The van der Waals surface area contributed by atoms with Gasteiger partial charge in [0.25, 0.3) is 5.91 Å². The summed E-state index contributed by atoms with van der Waals surface area (Å²) in [7, 11) is 0. The van der Waals surface area contributed by atoms with Gasteiger partial charge >= 0.3 is 0 Å². The molecule has 1 aliphatic rings. The molecule has 2 amide bonds. The van der Waals surface area contributed by atoms with Crippen molar-refractivity contribution < 1.29 is 18.7 Å². The minimum Gasteiger partial charge on any atom is -0.381 e. The smallest absolute Gasteiger partial charge is 0.250 e. The Bertz CT molecular complexity index is 576. The number of benzene rings is 1. The van der Waals surface area contributed by atoms with Crippen LogP contribution in [0.25, 0.3) is 0 Å². The Morgan fingerprint density at radius 1 is 1.55 bits per heavy atom. The number of carbonyl (C=O) groups excluding carboxylic acids is 2. The normalized spacial score (nSPS) is 18.1. The molecule has 0 saturated carbocycles. The van der Waals surface area contributed by atoms with Crippen molar-refractivity contribution in [2.75, 3.05) is 18.5 Å². The summed E-state index contributed by atoms with van der Waals surface area (Å²) in [5.41, 5.74) is 4.99. The van der Waals surface area contributed by atoms with E-state index in [9.17, 15) is 14.0 Å². The number of primary amides is 1. The molecule has 108 valence electrons. The van der Waals surface area contributed by atoms with Crippen LogP contribution in [-0.2, 0) is 9.53 Å². The van der Waals surface area contributed by atoms with Gasteiger partial charge in [-0.3, -0.25) is 9.59 Å². The van der Waals surface area contributed by atoms with Gasteiger partial charge in [0.2, 0.25) is 5.91 Å². The van der Waals surface area contributed by atoms with E-state index >= 15 is 0 Å². The summed E-state index contributed by atoms with van der Waals surface area (Å²) >= 11 is 4.95. The predicted molar refractivity (Wildman–Crippen MR) is 82.9 cm³/mol. The molecule has 3 N–H and O–H groups in total. The van der Waals surface area contributed by atoms with E-state index in [1.165, 1.54) is 6.07 Å². The van der Waals surface area contributed by atoms with Gasteiger partial charge in [-0.25, -0.2) is 4.39 Å². The molecular weight excluding hydrogens is 446 g/mol. The minimum atomic E-state index is -0.799. The fraction of sp³-hybridized carbons (Fsp3) is 0.333. The molecule has 1 fully saturated rings. The van der Waals surface area contributed by atoms with E-state index < -0.39 is 11.7 Å². The summed E-state index contributed by atoms with van der Waals surface area (Å²) in [6.07, 6.45) is 0.574. The van der Waals surface area contributed by atoms with Gasteiger partial charge in [0.15, 0.2) is 5.82 Å². The summed E-state index contributed by atoms with van der Waals surface area (Å²) in [6.45, 7) is 0.796. The number of nitrogens with one attached hydrogen (secondary N) is 1. The van der Waals surface area contributed by atoms with Crippen molar-refractivity contribution in [3.63, 3.8) is 0 Å². The van der Waals surface area contributed by atoms with Crippen LogP contribution < -0.4 is 11.1 Å². The zero-order valence-electron chi connectivity index (χ0n) is 10.2. The van der Waals surface area contributed by atoms with Crippen LogP contribution in [0.5, 0.6) is 0 Å². The van der Waals surface area contributed by atoms with E-state index in [1.54, 1.807) is 0 Å². The number of amides is 2. The number of hydrogen-bond donors (Lipinski definition) is 2. The van der Waals surface area contributed by atoms with E-state index in [1.807, 2.05) is 22.6 Å². The first kappa shape index (κ1) is 15.6. The van der Waals surface area contributed by atoms with E-state index in [-0.39, 0.29) is 27.5 Å². The highest BCUT2D eigenvalue weighted by Crippen LogP contribution is 2.32. The third kappa shape index (κ3) is 3.12. The Balaban J connectivity index is 2.36. The Morgan fingerprint density at radius 3 is 2.80 bits per heavy atom. The van der Waals surface area contributed by atoms with Crippen LogP contribution in [0.3, 0.4) is 0 Å². The van der Waals surface area contributed by atoms with Crippen molar-refractivity contribution in [3.8, 4) is 0 Å². The molecule has 1 aromatic carbocycles. The molecule has 1 aliphatic heterocycles. The number of halogens is 3. The largest absolute Gasteiger partial charge is 0.381 e. The van der Waals surface area contributed by atoms with Gasteiger partial charge < -0.3 is 15.8 Å². The van der Waals surface area contributed by atoms with E-state index in [0.29, 0.717) is 23.2 Å². The third-order valence-corrected chi connectivity index (χ3v) is 5.34. The molecule has 2 rings (SSSR count). The highest BCUT2D eigenvalue weighted by atomic mass is 127. The lowest BCUT2D eigenvalue weighted by atomic mass is 10.1. The van der Waals surface area contributed by atoms with Crippen LogP contribution in [0.15, 0.2) is 10.5 Å². The molecule has 1 heterocycles. The van der Waals surface area contributed by atoms with Crippen LogP contribution in [0.2, 0.25) is 0 Å². The molecule has 1 atom stereocenters. The predicted octanol–water partition coefficient (Wildman–Crippen LogP) is 2.27. The van der Waals surface area contributed by atoms with Crippen molar-refractivity contribution in [1.29, 1.82) is 0 Å². The van der Waals surface area contributed by atoms with Crippen LogP contribution in [0, 0.1) is 15.3 Å². The highest BCUT2D eigenvalue weighted by molar-refractivity contribution is 14.1. The summed E-state index contributed by atoms with van der Waals surface area (Å²) in [5, 5.41) is 2.44. The van der Waals surface area contributed by atoms with Crippen molar-refractivity contribution in [2.45, 2.75) is 6.42 Å². The maximum Gasteiger partial charge on any atom is 0.250 e. The van der Waals surface area contributed by atoms with Crippen LogP contribution in [-0.4, -0.2) is 25.0 Å². The zero-order chi connectivity index (χ0) is 14.9. The Kier molecular flexibility index (Phi) is 4.97. The van der Waals surface area contributed by atoms with Crippen molar-refractivity contribution in [2.24, 2.45) is 11.7 Å². The first-order chi connectivity index (χ1) is 9.41. The van der Waals surface area contributed by atoms with Gasteiger partial charge in [-0.15, -0.1) is 0 Å². The molecule has 0 bridgehead atoms. The summed E-state index contributed by atoms with van der Waals surface area (Å²) < 4.78 is 20.0. The van der Waals surface area contributed by atoms with Crippen LogP contribution in [0.4, 0.5) is 10.1 Å². The SMILES string of the molecule is NC(=O)c1cc(I)c(Br)c(F)c1NC(=O)C1CCOC1. The lowest BCUT2D eigenvalue weighted by Crippen LogP contribution is -2.26. The van der Waals surface area contributed by atoms with Gasteiger partial charge in [0.1, 0.15) is 0 Å². The molecule has 1 unspecified atom stereocenters. The molecule has 0 spiro atoms. The summed E-state index contributed by atoms with van der Waals surface area (Å²) in [6, 6.07) is 1.43. The lowest BCUT2D eigenvalue weighted by molar-refractivity contribution is -0.119. The van der Waals surface area contributed by atoms with Crippen molar-refractivity contribution in [1.82, 2.24) is 0 Å². The van der Waals surface area contributed by atoms with E-state index in [2.05, 4.69) is 21.2 Å². The van der Waals surface area contributed by atoms with Gasteiger partial charge in [-0.2, -0.15) is 0 Å². The maximum atomic E-state index is 14.2. The molecule has 0 aliphatic carbocycles. The number of hydrogen-bond acceptors (Lipinski definition) is 3. The van der Waals surface area contributed by atoms with Gasteiger partial charge in [-0.05, 0) is 51.0 Å². The maximum absolute atomic E-state index is 14.2. The number of carbonyl (C=O) groups is 2. The molecular formula is C12H11BrFIN2O3. The first-order valence-electron chi connectivity index (χ1n) is 5.77. The summed E-state index contributed by atoms with van der Waals surface area (Å²) in [5.74, 6) is -2.23. The molecule has 1 aromatic rings. The Hall–Kier alpha value is -0.740. The van der Waals surface area contributed by atoms with E-state index in [0.717, 1.165) is 0 Å². The van der Waals surface area contributed by atoms with Crippen molar-refractivity contribution >= 4 is 56.0 Å². The average molecular weight is 457 g/mol. The fourth-order valence-corrected chi connectivity index (χ4v) is 2.74. The van der Waals surface area contributed by atoms with Gasteiger partial charge in [0, 0.05) is 10.2 Å². The monoisotopic (exact) mass is 456 g/mol. The average Bonchev–Trinajstić information content (AvgIpc) is 2.92. The fourth-order valence-electron chi connectivity index (χ4n) is 1.88. The van der Waals surface area contributed by atoms with Crippen LogP contribution in [0.1, 0.15) is 16.8 Å². The Labute approximate surface area is 136 Å². The third-order valence-electron chi connectivity index (χ3n) is 2.98. The topological polar surface area (TPSA) is 81.4 Å². The Morgan fingerprint density at radius 2 is 2.25 bits per heavy atom. The lowest BCUT2D eigenvalue weighted by Gasteiger charge is -2.14. The second-order valence-electron chi connectivity index (χ2n) is 4.32. The molecule has 1 saturated heterocycles. The molecule has 5 nitrogen and oxygen atoms in total. The molecule has 8 heteroatoms. The number of rotatable bonds is 3. The number of anilines is 1. The van der Waals surface area contributed by atoms with Crippen LogP contribution >= 0.6 is 38.5 Å². The quantitative estimate of drug-likeness (QED) is 0.540. The highest BCUT2D eigenvalue weighted by Gasteiger charge is 2.27. The van der Waals surface area contributed by atoms with Crippen molar-refractivity contribution in [3.05, 3.63) is 25.5 Å². The second-order valence-corrected chi connectivity index (χ2v) is 6.28. The minimum absolute atomic E-state index is 0.0534. The molecule has 0 aromatic heterocycles. The molecule has 20 heavy (non-hydrogen) atoms. The van der Waals surface area contributed by atoms with Gasteiger partial charge in [0.05, 0.1) is 28.2 Å². The first-order valence-corrected chi connectivity index (χ1v) is 7.65. The zero-order valence-corrected chi connectivity index (χ0v) is 14.0. The summed E-state index contributed by atoms with van der Waals surface area (Å²) in [4.78, 5) is 23.4. The molecule has 0 radical (unpaired) electrons. The van der Waals surface area contributed by atoms with E-state index in [4.69, 9.17) is 10.5 Å². The van der Waals surface area contributed by atoms with Gasteiger partial charge in [-0.1, -0.05) is 0 Å².